The second-order valence-corrected chi connectivity index (χ2v) is 6.86. The summed E-state index contributed by atoms with van der Waals surface area (Å²) in [4.78, 5) is 26.4. The Balaban J connectivity index is 1.77. The molecule has 2 atom stereocenters. The zero-order chi connectivity index (χ0) is 20.8. The third-order valence-electron chi connectivity index (χ3n) is 4.91. The van der Waals surface area contributed by atoms with Crippen molar-refractivity contribution < 1.29 is 19.1 Å². The SMILES string of the molecule is COc1ccc(C(CNC(=O)OC(C)C(N)=O)Cc2c[nH]c3ccccc23)cc1. The number of para-hydroxylation sites is 1. The van der Waals surface area contributed by atoms with E-state index in [1.165, 1.54) is 6.92 Å². The first kappa shape index (κ1) is 20.3. The Labute approximate surface area is 169 Å². The molecule has 2 aromatic carbocycles. The summed E-state index contributed by atoms with van der Waals surface area (Å²) in [5, 5.41) is 3.89. The van der Waals surface area contributed by atoms with Crippen molar-refractivity contribution in [1.29, 1.82) is 0 Å². The summed E-state index contributed by atoms with van der Waals surface area (Å²) in [6.07, 6.45) is 1.05. The zero-order valence-electron chi connectivity index (χ0n) is 16.5. The van der Waals surface area contributed by atoms with Crippen molar-refractivity contribution in [2.24, 2.45) is 5.73 Å². The van der Waals surface area contributed by atoms with Crippen LogP contribution in [0, 0.1) is 0 Å². The van der Waals surface area contributed by atoms with Gasteiger partial charge in [0.2, 0.25) is 0 Å². The van der Waals surface area contributed by atoms with Crippen LogP contribution in [0.15, 0.2) is 54.7 Å². The topological polar surface area (TPSA) is 106 Å². The number of methoxy groups -OCH3 is 1. The molecule has 2 unspecified atom stereocenters. The van der Waals surface area contributed by atoms with Crippen LogP contribution in [0.3, 0.4) is 0 Å². The van der Waals surface area contributed by atoms with Gasteiger partial charge in [0.15, 0.2) is 6.10 Å². The van der Waals surface area contributed by atoms with E-state index in [-0.39, 0.29) is 5.92 Å². The Morgan fingerprint density at radius 2 is 1.86 bits per heavy atom. The van der Waals surface area contributed by atoms with Gasteiger partial charge in [-0.05, 0) is 42.7 Å². The highest BCUT2D eigenvalue weighted by Crippen LogP contribution is 2.27. The first-order chi connectivity index (χ1) is 14.0. The fraction of sp³-hybridized carbons (Fsp3) is 0.273. The fourth-order valence-corrected chi connectivity index (χ4v) is 3.22. The largest absolute Gasteiger partial charge is 0.497 e. The Hall–Kier alpha value is -3.48. The van der Waals surface area contributed by atoms with Crippen molar-refractivity contribution in [3.63, 3.8) is 0 Å². The summed E-state index contributed by atoms with van der Waals surface area (Å²) in [5.41, 5.74) is 8.42. The number of amides is 2. The van der Waals surface area contributed by atoms with E-state index in [0.29, 0.717) is 13.0 Å². The van der Waals surface area contributed by atoms with Gasteiger partial charge in [-0.2, -0.15) is 0 Å². The maximum absolute atomic E-state index is 12.0. The zero-order valence-corrected chi connectivity index (χ0v) is 16.5. The number of hydrogen-bond donors (Lipinski definition) is 3. The van der Waals surface area contributed by atoms with E-state index in [2.05, 4.69) is 16.4 Å². The molecule has 4 N–H and O–H groups in total. The molecule has 0 fully saturated rings. The highest BCUT2D eigenvalue weighted by molar-refractivity contribution is 5.83. The molecule has 2 amide bonds. The first-order valence-electron chi connectivity index (χ1n) is 9.40. The quantitative estimate of drug-likeness (QED) is 0.545. The van der Waals surface area contributed by atoms with Gasteiger partial charge >= 0.3 is 6.09 Å². The average molecular weight is 395 g/mol. The lowest BCUT2D eigenvalue weighted by molar-refractivity contribution is -0.125. The highest BCUT2D eigenvalue weighted by atomic mass is 16.6. The number of H-pyrrole nitrogens is 1. The molecule has 7 nitrogen and oxygen atoms in total. The number of aromatic amines is 1. The van der Waals surface area contributed by atoms with Gasteiger partial charge in [-0.25, -0.2) is 4.79 Å². The van der Waals surface area contributed by atoms with Gasteiger partial charge in [-0.15, -0.1) is 0 Å². The summed E-state index contributed by atoms with van der Waals surface area (Å²) in [6, 6.07) is 15.8. The van der Waals surface area contributed by atoms with E-state index < -0.39 is 18.1 Å². The van der Waals surface area contributed by atoms with Gasteiger partial charge in [0.1, 0.15) is 5.75 Å². The fourth-order valence-electron chi connectivity index (χ4n) is 3.22. The van der Waals surface area contributed by atoms with Crippen LogP contribution in [0.5, 0.6) is 5.75 Å². The lowest BCUT2D eigenvalue weighted by Gasteiger charge is -2.19. The number of ether oxygens (including phenoxy) is 2. The van der Waals surface area contributed by atoms with Gasteiger partial charge in [-0.3, -0.25) is 4.79 Å². The number of hydrogen-bond acceptors (Lipinski definition) is 4. The number of nitrogens with two attached hydrogens (primary N) is 1. The number of fused-ring (bicyclic) bond motifs is 1. The van der Waals surface area contributed by atoms with Crippen LogP contribution in [0.1, 0.15) is 24.0 Å². The van der Waals surface area contributed by atoms with Gasteiger partial charge < -0.3 is 25.5 Å². The molecule has 0 aliphatic heterocycles. The van der Waals surface area contributed by atoms with Crippen LogP contribution in [0.25, 0.3) is 10.9 Å². The summed E-state index contributed by atoms with van der Waals surface area (Å²) in [6.45, 7) is 1.78. The van der Waals surface area contributed by atoms with Crippen molar-refractivity contribution in [3.8, 4) is 5.75 Å². The molecule has 0 aliphatic carbocycles. The minimum Gasteiger partial charge on any atom is -0.497 e. The van der Waals surface area contributed by atoms with Crippen molar-refractivity contribution in [2.45, 2.75) is 25.4 Å². The predicted molar refractivity (Wildman–Crippen MR) is 111 cm³/mol. The molecule has 29 heavy (non-hydrogen) atoms. The molecule has 0 radical (unpaired) electrons. The molecule has 0 spiro atoms. The monoisotopic (exact) mass is 395 g/mol. The Morgan fingerprint density at radius 1 is 1.14 bits per heavy atom. The molecular weight excluding hydrogens is 370 g/mol. The van der Waals surface area contributed by atoms with Crippen molar-refractivity contribution in [3.05, 3.63) is 65.9 Å². The molecule has 0 saturated carbocycles. The number of primary amides is 1. The van der Waals surface area contributed by atoms with Crippen LogP contribution in [-0.2, 0) is 16.0 Å². The predicted octanol–water partition coefficient (Wildman–Crippen LogP) is 3.10. The number of carbonyl (C=O) groups excluding carboxylic acids is 2. The maximum atomic E-state index is 12.0. The van der Waals surface area contributed by atoms with E-state index in [0.717, 1.165) is 27.8 Å². The van der Waals surface area contributed by atoms with Crippen LogP contribution in [0.2, 0.25) is 0 Å². The lowest BCUT2D eigenvalue weighted by Crippen LogP contribution is -2.36. The van der Waals surface area contributed by atoms with E-state index in [9.17, 15) is 9.59 Å². The molecule has 7 heteroatoms. The molecule has 1 heterocycles. The Kier molecular flexibility index (Phi) is 6.39. The number of aromatic nitrogens is 1. The average Bonchev–Trinajstić information content (AvgIpc) is 3.14. The lowest BCUT2D eigenvalue weighted by atomic mass is 9.91. The van der Waals surface area contributed by atoms with Gasteiger partial charge in [-0.1, -0.05) is 30.3 Å². The molecule has 0 aliphatic rings. The molecule has 1 aromatic heterocycles. The van der Waals surface area contributed by atoms with Crippen molar-refractivity contribution in [1.82, 2.24) is 10.3 Å². The van der Waals surface area contributed by atoms with E-state index >= 15 is 0 Å². The van der Waals surface area contributed by atoms with Gasteiger partial charge in [0, 0.05) is 29.6 Å². The van der Waals surface area contributed by atoms with E-state index in [4.69, 9.17) is 15.2 Å². The standard InChI is InChI=1S/C22H25N3O4/c1-14(21(23)26)29-22(27)25-12-16(15-7-9-18(28-2)10-8-15)11-17-13-24-20-6-4-3-5-19(17)20/h3-10,13-14,16,24H,11-12H2,1-2H3,(H2,23,26)(H,25,27). The third-order valence-corrected chi connectivity index (χ3v) is 4.91. The molecule has 0 bridgehead atoms. The van der Waals surface area contributed by atoms with E-state index in [1.807, 2.05) is 48.7 Å². The van der Waals surface area contributed by atoms with Gasteiger partial charge in [0.25, 0.3) is 5.91 Å². The number of rotatable bonds is 8. The minimum atomic E-state index is -0.983. The van der Waals surface area contributed by atoms with Crippen LogP contribution in [-0.4, -0.2) is 36.7 Å². The number of carbonyl (C=O) groups is 2. The molecule has 152 valence electrons. The van der Waals surface area contributed by atoms with Crippen LogP contribution < -0.4 is 15.8 Å². The maximum Gasteiger partial charge on any atom is 0.407 e. The molecule has 3 rings (SSSR count). The number of alkyl carbamates (subject to hydrolysis) is 1. The molecular formula is C22H25N3O4. The Morgan fingerprint density at radius 3 is 2.55 bits per heavy atom. The van der Waals surface area contributed by atoms with Crippen molar-refractivity contribution >= 4 is 22.9 Å². The smallest absolute Gasteiger partial charge is 0.407 e. The number of nitrogens with one attached hydrogen (secondary N) is 2. The summed E-state index contributed by atoms with van der Waals surface area (Å²) < 4.78 is 10.2. The molecule has 3 aromatic rings. The minimum absolute atomic E-state index is 0.00320. The first-order valence-corrected chi connectivity index (χ1v) is 9.40. The normalized spacial score (nSPS) is 12.9. The summed E-state index contributed by atoms with van der Waals surface area (Å²) >= 11 is 0. The van der Waals surface area contributed by atoms with E-state index in [1.54, 1.807) is 7.11 Å². The van der Waals surface area contributed by atoms with Crippen molar-refractivity contribution in [2.75, 3.05) is 13.7 Å². The summed E-state index contributed by atoms with van der Waals surface area (Å²) in [7, 11) is 1.62. The van der Waals surface area contributed by atoms with Crippen LogP contribution in [0.4, 0.5) is 4.79 Å². The van der Waals surface area contributed by atoms with Gasteiger partial charge in [0.05, 0.1) is 7.11 Å². The third kappa shape index (κ3) is 5.07. The number of benzene rings is 2. The Bertz CT molecular complexity index is 981. The highest BCUT2D eigenvalue weighted by Gasteiger charge is 2.19. The second-order valence-electron chi connectivity index (χ2n) is 6.86. The molecule has 0 saturated heterocycles. The summed E-state index contributed by atoms with van der Waals surface area (Å²) in [5.74, 6) is 0.0736. The van der Waals surface area contributed by atoms with Crippen LogP contribution >= 0.6 is 0 Å². The second kappa shape index (κ2) is 9.14.